The third kappa shape index (κ3) is 3.06. The first-order valence-corrected chi connectivity index (χ1v) is 5.08. The Balaban J connectivity index is 1.76. The monoisotopic (exact) mass is 171 g/mol. The number of hydrogen-bond donors (Lipinski definition) is 0. The van der Waals surface area contributed by atoms with Crippen LogP contribution in [-0.4, -0.2) is 0 Å². The molecule has 0 heteroatoms. The van der Waals surface area contributed by atoms with Gasteiger partial charge in [0.1, 0.15) is 0 Å². The van der Waals surface area contributed by atoms with Crippen molar-refractivity contribution in [1.82, 2.24) is 0 Å². The lowest BCUT2D eigenvalue weighted by molar-refractivity contribution is 0.741. The van der Waals surface area contributed by atoms with Crippen molar-refractivity contribution in [3.05, 3.63) is 48.0 Å². The van der Waals surface area contributed by atoms with E-state index in [1.165, 1.54) is 31.2 Å². The molecule has 1 aliphatic rings. The zero-order chi connectivity index (χ0) is 8.93. The summed E-state index contributed by atoms with van der Waals surface area (Å²) in [5.41, 5.74) is 1.19. The molecule has 0 heterocycles. The molecular weight excluding hydrogens is 156 g/mol. The Hall–Kier alpha value is -1.04. The topological polar surface area (TPSA) is 0 Å². The molecule has 0 saturated heterocycles. The second-order valence-corrected chi connectivity index (χ2v) is 3.74. The highest BCUT2D eigenvalue weighted by atomic mass is 14.2. The van der Waals surface area contributed by atoms with E-state index in [2.05, 4.69) is 36.4 Å². The summed E-state index contributed by atoms with van der Waals surface area (Å²) in [5.74, 6) is 1.04. The van der Waals surface area contributed by atoms with E-state index in [0.29, 0.717) is 0 Å². The summed E-state index contributed by atoms with van der Waals surface area (Å²) in [6.07, 6.45) is 10.9. The van der Waals surface area contributed by atoms with E-state index >= 15 is 0 Å². The molecule has 0 atom stereocenters. The SMILES string of the molecule is [C](=C\CCC1CC1)/c1ccccc1. The van der Waals surface area contributed by atoms with Crippen molar-refractivity contribution in [2.75, 3.05) is 0 Å². The molecule has 1 aromatic rings. The minimum atomic E-state index is 1.04. The Morgan fingerprint density at radius 1 is 1.23 bits per heavy atom. The highest BCUT2D eigenvalue weighted by Crippen LogP contribution is 2.33. The van der Waals surface area contributed by atoms with Gasteiger partial charge in [-0.1, -0.05) is 49.2 Å². The number of allylic oxidation sites excluding steroid dienone is 1. The first-order valence-electron chi connectivity index (χ1n) is 5.08. The molecule has 1 aromatic carbocycles. The number of hydrogen-bond acceptors (Lipinski definition) is 0. The van der Waals surface area contributed by atoms with Gasteiger partial charge < -0.3 is 0 Å². The molecule has 0 spiro atoms. The van der Waals surface area contributed by atoms with Crippen molar-refractivity contribution >= 4 is 0 Å². The summed E-state index contributed by atoms with van der Waals surface area (Å²) < 4.78 is 0. The Morgan fingerprint density at radius 3 is 2.69 bits per heavy atom. The van der Waals surface area contributed by atoms with E-state index in [9.17, 15) is 0 Å². The molecule has 1 fully saturated rings. The molecule has 1 saturated carbocycles. The van der Waals surface area contributed by atoms with Crippen LogP contribution in [0.1, 0.15) is 31.2 Å². The maximum Gasteiger partial charge on any atom is -0.0149 e. The molecule has 0 amide bonds. The predicted molar refractivity (Wildman–Crippen MR) is 55.3 cm³/mol. The first-order chi connectivity index (χ1) is 6.45. The van der Waals surface area contributed by atoms with Crippen LogP contribution >= 0.6 is 0 Å². The lowest BCUT2D eigenvalue weighted by Gasteiger charge is -1.91. The maximum atomic E-state index is 3.30. The Bertz CT molecular complexity index is 267. The summed E-state index contributed by atoms with van der Waals surface area (Å²) in [6.45, 7) is 0. The first kappa shape index (κ1) is 8.55. The molecule has 67 valence electrons. The predicted octanol–water partition coefficient (Wildman–Crippen LogP) is 3.58. The fraction of sp³-hybridized carbons (Fsp3) is 0.385. The molecule has 2 rings (SSSR count). The largest absolute Gasteiger partial charge is 0.0760 e. The van der Waals surface area contributed by atoms with Crippen LogP contribution in [-0.2, 0) is 0 Å². The van der Waals surface area contributed by atoms with E-state index in [1.54, 1.807) is 0 Å². The van der Waals surface area contributed by atoms with Crippen LogP contribution in [0.3, 0.4) is 0 Å². The molecule has 1 aliphatic carbocycles. The van der Waals surface area contributed by atoms with Crippen molar-refractivity contribution in [3.8, 4) is 0 Å². The molecular formula is C13H15. The molecule has 0 N–H and O–H groups in total. The highest BCUT2D eigenvalue weighted by Gasteiger charge is 2.19. The fourth-order valence-corrected chi connectivity index (χ4v) is 1.45. The standard InChI is InChI=1S/C13H15/c1-2-6-12(7-3-1)8-4-5-9-13-10-11-13/h1-4,6-7,13H,5,9-11H2. The quantitative estimate of drug-likeness (QED) is 0.649. The van der Waals surface area contributed by atoms with E-state index in [1.807, 2.05) is 6.07 Å². The van der Waals surface area contributed by atoms with Crippen molar-refractivity contribution in [2.45, 2.75) is 25.7 Å². The molecule has 0 bridgehead atoms. The van der Waals surface area contributed by atoms with Gasteiger partial charge in [-0.15, -0.1) is 0 Å². The van der Waals surface area contributed by atoms with Crippen LogP contribution < -0.4 is 0 Å². The zero-order valence-electron chi connectivity index (χ0n) is 7.87. The van der Waals surface area contributed by atoms with Gasteiger partial charge in [-0.2, -0.15) is 0 Å². The van der Waals surface area contributed by atoms with E-state index in [4.69, 9.17) is 0 Å². The van der Waals surface area contributed by atoms with Gasteiger partial charge in [-0.3, -0.25) is 0 Å². The van der Waals surface area contributed by atoms with Gasteiger partial charge in [0.05, 0.1) is 0 Å². The second kappa shape index (κ2) is 4.27. The fourth-order valence-electron chi connectivity index (χ4n) is 1.45. The van der Waals surface area contributed by atoms with Crippen molar-refractivity contribution < 1.29 is 0 Å². The van der Waals surface area contributed by atoms with Crippen LogP contribution in [0.2, 0.25) is 0 Å². The van der Waals surface area contributed by atoms with Gasteiger partial charge >= 0.3 is 0 Å². The number of rotatable bonds is 4. The maximum absolute atomic E-state index is 3.30. The Morgan fingerprint density at radius 2 is 2.00 bits per heavy atom. The van der Waals surface area contributed by atoms with Gasteiger partial charge in [-0.05, 0) is 30.4 Å². The van der Waals surface area contributed by atoms with Crippen LogP contribution in [0.4, 0.5) is 0 Å². The molecule has 0 aliphatic heterocycles. The zero-order valence-corrected chi connectivity index (χ0v) is 7.87. The van der Waals surface area contributed by atoms with Gasteiger partial charge in [0.25, 0.3) is 0 Å². The van der Waals surface area contributed by atoms with Crippen LogP contribution in [0.5, 0.6) is 0 Å². The Labute approximate surface area is 80.3 Å². The molecule has 13 heavy (non-hydrogen) atoms. The average Bonchev–Trinajstić information content (AvgIpc) is 2.98. The molecule has 1 radical (unpaired) electrons. The summed E-state index contributed by atoms with van der Waals surface area (Å²) in [5, 5.41) is 0. The van der Waals surface area contributed by atoms with Crippen LogP contribution in [0.15, 0.2) is 36.4 Å². The minimum absolute atomic E-state index is 1.04. The van der Waals surface area contributed by atoms with Gasteiger partial charge in [-0.25, -0.2) is 0 Å². The van der Waals surface area contributed by atoms with Gasteiger partial charge in [0.2, 0.25) is 0 Å². The van der Waals surface area contributed by atoms with E-state index < -0.39 is 0 Å². The van der Waals surface area contributed by atoms with Gasteiger partial charge in [0.15, 0.2) is 0 Å². The molecule has 0 unspecified atom stereocenters. The van der Waals surface area contributed by atoms with Crippen molar-refractivity contribution in [2.24, 2.45) is 5.92 Å². The number of benzene rings is 1. The van der Waals surface area contributed by atoms with E-state index in [0.717, 1.165) is 5.92 Å². The third-order valence-corrected chi connectivity index (χ3v) is 2.46. The summed E-state index contributed by atoms with van der Waals surface area (Å²) >= 11 is 0. The lowest BCUT2D eigenvalue weighted by Crippen LogP contribution is -1.75. The Kier molecular flexibility index (Phi) is 2.81. The average molecular weight is 171 g/mol. The van der Waals surface area contributed by atoms with Crippen LogP contribution in [0.25, 0.3) is 0 Å². The minimum Gasteiger partial charge on any atom is -0.0760 e. The molecule has 0 aromatic heterocycles. The molecule has 0 nitrogen and oxygen atoms in total. The summed E-state index contributed by atoms with van der Waals surface area (Å²) in [4.78, 5) is 0. The van der Waals surface area contributed by atoms with E-state index in [-0.39, 0.29) is 0 Å². The van der Waals surface area contributed by atoms with Crippen LogP contribution in [0, 0.1) is 12.0 Å². The lowest BCUT2D eigenvalue weighted by atomic mass is 10.1. The normalized spacial score (nSPS) is 16.6. The summed E-state index contributed by atoms with van der Waals surface area (Å²) in [7, 11) is 0. The van der Waals surface area contributed by atoms with Crippen molar-refractivity contribution in [3.63, 3.8) is 0 Å². The third-order valence-electron chi connectivity index (χ3n) is 2.46. The smallest absolute Gasteiger partial charge is 0.0149 e. The second-order valence-electron chi connectivity index (χ2n) is 3.74. The van der Waals surface area contributed by atoms with Crippen molar-refractivity contribution in [1.29, 1.82) is 0 Å². The van der Waals surface area contributed by atoms with Gasteiger partial charge in [0, 0.05) is 0 Å². The highest BCUT2D eigenvalue weighted by molar-refractivity contribution is 5.21. The summed E-state index contributed by atoms with van der Waals surface area (Å²) in [6, 6.07) is 10.3.